The van der Waals surface area contributed by atoms with Crippen molar-refractivity contribution in [2.75, 3.05) is 25.0 Å². The summed E-state index contributed by atoms with van der Waals surface area (Å²) in [4.78, 5) is 1.51. The Bertz CT molecular complexity index is 418. The SMILES string of the molecule is CCCNCc1cc(F)ccc1N(C)CCC(F)(F)F. The second-order valence-electron chi connectivity index (χ2n) is 4.74. The largest absolute Gasteiger partial charge is 0.390 e. The lowest BCUT2D eigenvalue weighted by Gasteiger charge is -2.23. The molecular weight excluding hydrogens is 272 g/mol. The summed E-state index contributed by atoms with van der Waals surface area (Å²) in [5.74, 6) is -0.383. The van der Waals surface area contributed by atoms with Gasteiger partial charge in [0.25, 0.3) is 0 Å². The summed E-state index contributed by atoms with van der Waals surface area (Å²) in [6.07, 6.45) is -4.13. The molecule has 1 aromatic rings. The van der Waals surface area contributed by atoms with Gasteiger partial charge in [0.15, 0.2) is 0 Å². The van der Waals surface area contributed by atoms with Gasteiger partial charge in [-0.1, -0.05) is 6.92 Å². The number of halogens is 4. The fraction of sp³-hybridized carbons (Fsp3) is 0.571. The van der Waals surface area contributed by atoms with Crippen molar-refractivity contribution in [1.29, 1.82) is 0 Å². The minimum Gasteiger partial charge on any atom is -0.374 e. The Labute approximate surface area is 116 Å². The molecule has 0 aliphatic carbocycles. The molecular formula is C14H20F4N2. The molecule has 0 fully saturated rings. The summed E-state index contributed by atoms with van der Waals surface area (Å²) in [5.41, 5.74) is 1.29. The first-order chi connectivity index (χ1) is 9.33. The second-order valence-corrected chi connectivity index (χ2v) is 4.74. The average Bonchev–Trinajstić information content (AvgIpc) is 2.36. The molecule has 0 saturated heterocycles. The van der Waals surface area contributed by atoms with Crippen LogP contribution in [0, 0.1) is 5.82 Å². The zero-order valence-electron chi connectivity index (χ0n) is 11.7. The predicted octanol–water partition coefficient (Wildman–Crippen LogP) is 3.71. The number of anilines is 1. The fourth-order valence-corrected chi connectivity index (χ4v) is 1.88. The van der Waals surface area contributed by atoms with Crippen molar-refractivity contribution in [2.45, 2.75) is 32.5 Å². The third-order valence-corrected chi connectivity index (χ3v) is 2.93. The van der Waals surface area contributed by atoms with Gasteiger partial charge in [-0.2, -0.15) is 13.2 Å². The highest BCUT2D eigenvalue weighted by atomic mass is 19.4. The molecule has 6 heteroatoms. The maximum Gasteiger partial charge on any atom is 0.390 e. The van der Waals surface area contributed by atoms with E-state index in [0.717, 1.165) is 13.0 Å². The number of nitrogens with one attached hydrogen (secondary N) is 1. The van der Waals surface area contributed by atoms with Crippen molar-refractivity contribution in [3.63, 3.8) is 0 Å². The van der Waals surface area contributed by atoms with Gasteiger partial charge in [0.05, 0.1) is 6.42 Å². The molecule has 0 bridgehead atoms. The molecule has 0 saturated carbocycles. The van der Waals surface area contributed by atoms with Crippen LogP contribution in [0.4, 0.5) is 23.2 Å². The van der Waals surface area contributed by atoms with E-state index in [0.29, 0.717) is 17.8 Å². The third kappa shape index (κ3) is 5.77. The fourth-order valence-electron chi connectivity index (χ4n) is 1.88. The van der Waals surface area contributed by atoms with Gasteiger partial charge in [0.2, 0.25) is 0 Å². The van der Waals surface area contributed by atoms with Crippen LogP contribution in [0.15, 0.2) is 18.2 Å². The number of nitrogens with zero attached hydrogens (tertiary/aromatic N) is 1. The van der Waals surface area contributed by atoms with Crippen LogP contribution in [0.5, 0.6) is 0 Å². The Morgan fingerprint density at radius 2 is 1.95 bits per heavy atom. The van der Waals surface area contributed by atoms with E-state index < -0.39 is 12.6 Å². The molecule has 0 atom stereocenters. The Hall–Kier alpha value is -1.30. The molecule has 0 radical (unpaired) electrons. The number of rotatable bonds is 7. The van der Waals surface area contributed by atoms with Crippen LogP contribution >= 0.6 is 0 Å². The van der Waals surface area contributed by atoms with E-state index in [1.165, 1.54) is 23.1 Å². The first kappa shape index (κ1) is 16.8. The third-order valence-electron chi connectivity index (χ3n) is 2.93. The van der Waals surface area contributed by atoms with Crippen LogP contribution in [-0.2, 0) is 6.54 Å². The van der Waals surface area contributed by atoms with E-state index in [-0.39, 0.29) is 12.4 Å². The highest BCUT2D eigenvalue weighted by Crippen LogP contribution is 2.24. The van der Waals surface area contributed by atoms with Crippen molar-refractivity contribution in [1.82, 2.24) is 5.32 Å². The molecule has 0 aliphatic rings. The highest BCUT2D eigenvalue weighted by Gasteiger charge is 2.27. The van der Waals surface area contributed by atoms with Crippen LogP contribution in [0.3, 0.4) is 0 Å². The van der Waals surface area contributed by atoms with Crippen LogP contribution in [0.1, 0.15) is 25.3 Å². The van der Waals surface area contributed by atoms with Crippen molar-refractivity contribution in [3.05, 3.63) is 29.6 Å². The summed E-state index contributed by atoms with van der Waals surface area (Å²) in [7, 11) is 1.59. The Morgan fingerprint density at radius 1 is 1.25 bits per heavy atom. The van der Waals surface area contributed by atoms with Crippen LogP contribution < -0.4 is 10.2 Å². The molecule has 1 aromatic carbocycles. The summed E-state index contributed by atoms with van der Waals surface area (Å²) in [6, 6.07) is 4.15. The quantitative estimate of drug-likeness (QED) is 0.609. The van der Waals surface area contributed by atoms with E-state index in [4.69, 9.17) is 0 Å². The molecule has 0 unspecified atom stereocenters. The maximum atomic E-state index is 13.3. The average molecular weight is 292 g/mol. The van der Waals surface area contributed by atoms with Crippen LogP contribution in [-0.4, -0.2) is 26.3 Å². The van der Waals surface area contributed by atoms with Gasteiger partial charge >= 0.3 is 6.18 Å². The van der Waals surface area contributed by atoms with E-state index in [1.807, 2.05) is 6.92 Å². The molecule has 1 N–H and O–H groups in total. The molecule has 0 amide bonds. The van der Waals surface area contributed by atoms with Crippen molar-refractivity contribution < 1.29 is 17.6 Å². The predicted molar refractivity (Wildman–Crippen MR) is 72.3 cm³/mol. The van der Waals surface area contributed by atoms with Gasteiger partial charge in [-0.05, 0) is 36.7 Å². The topological polar surface area (TPSA) is 15.3 Å². The molecule has 114 valence electrons. The Kier molecular flexibility index (Phi) is 6.26. The minimum absolute atomic E-state index is 0.143. The van der Waals surface area contributed by atoms with Crippen molar-refractivity contribution >= 4 is 5.69 Å². The van der Waals surface area contributed by atoms with E-state index in [1.54, 1.807) is 7.05 Å². The summed E-state index contributed by atoms with van der Waals surface area (Å²) in [6.45, 7) is 3.09. The lowest BCUT2D eigenvalue weighted by molar-refractivity contribution is -0.132. The number of hydrogen-bond donors (Lipinski definition) is 1. The lowest BCUT2D eigenvalue weighted by Crippen LogP contribution is -2.26. The van der Waals surface area contributed by atoms with Crippen LogP contribution in [0.2, 0.25) is 0 Å². The summed E-state index contributed by atoms with van der Waals surface area (Å²) in [5, 5.41) is 3.13. The van der Waals surface area contributed by atoms with Crippen molar-refractivity contribution in [2.24, 2.45) is 0 Å². The Morgan fingerprint density at radius 3 is 2.55 bits per heavy atom. The van der Waals surface area contributed by atoms with E-state index in [2.05, 4.69) is 5.32 Å². The zero-order valence-corrected chi connectivity index (χ0v) is 11.7. The van der Waals surface area contributed by atoms with Gasteiger partial charge in [-0.3, -0.25) is 0 Å². The van der Waals surface area contributed by atoms with Gasteiger partial charge in [0.1, 0.15) is 5.82 Å². The van der Waals surface area contributed by atoms with Crippen LogP contribution in [0.25, 0.3) is 0 Å². The van der Waals surface area contributed by atoms with Gasteiger partial charge in [0, 0.05) is 25.8 Å². The molecule has 20 heavy (non-hydrogen) atoms. The minimum atomic E-state index is -4.19. The molecule has 0 aromatic heterocycles. The van der Waals surface area contributed by atoms with E-state index in [9.17, 15) is 17.6 Å². The smallest absolute Gasteiger partial charge is 0.374 e. The van der Waals surface area contributed by atoms with Gasteiger partial charge in [-0.25, -0.2) is 4.39 Å². The van der Waals surface area contributed by atoms with Crippen molar-refractivity contribution in [3.8, 4) is 0 Å². The van der Waals surface area contributed by atoms with E-state index >= 15 is 0 Å². The molecule has 0 aliphatic heterocycles. The highest BCUT2D eigenvalue weighted by molar-refractivity contribution is 5.53. The number of benzene rings is 1. The molecule has 0 spiro atoms. The summed E-state index contributed by atoms with van der Waals surface area (Å²) >= 11 is 0. The molecule has 2 nitrogen and oxygen atoms in total. The van der Waals surface area contributed by atoms with Gasteiger partial charge < -0.3 is 10.2 Å². The molecule has 0 heterocycles. The normalized spacial score (nSPS) is 11.7. The van der Waals surface area contributed by atoms with Gasteiger partial charge in [-0.15, -0.1) is 0 Å². The number of hydrogen-bond acceptors (Lipinski definition) is 2. The summed E-state index contributed by atoms with van der Waals surface area (Å²) < 4.78 is 50.0. The lowest BCUT2D eigenvalue weighted by atomic mass is 10.1. The maximum absolute atomic E-state index is 13.3. The zero-order chi connectivity index (χ0) is 15.2. The standard InChI is InChI=1S/C14H20F4N2/c1-3-7-19-10-11-9-12(15)4-5-13(11)20(2)8-6-14(16,17)18/h4-5,9,19H,3,6-8,10H2,1-2H3. The first-order valence-corrected chi connectivity index (χ1v) is 6.60. The monoisotopic (exact) mass is 292 g/mol. The molecule has 1 rings (SSSR count). The Balaban J connectivity index is 2.76. The first-order valence-electron chi connectivity index (χ1n) is 6.60. The second kappa shape index (κ2) is 7.47. The number of alkyl halides is 3.